The first-order chi connectivity index (χ1) is 8.49. The Morgan fingerprint density at radius 2 is 2.00 bits per heavy atom. The summed E-state index contributed by atoms with van der Waals surface area (Å²) in [7, 11) is 0. The molecule has 0 fully saturated rings. The molecule has 1 aromatic carbocycles. The Morgan fingerprint density at radius 1 is 1.39 bits per heavy atom. The van der Waals surface area contributed by atoms with Gasteiger partial charge >= 0.3 is 5.97 Å². The lowest BCUT2D eigenvalue weighted by atomic mass is 9.93. The molecule has 5 heteroatoms. The van der Waals surface area contributed by atoms with Crippen molar-refractivity contribution in [3.63, 3.8) is 0 Å². The Hall–Kier alpha value is -2.04. The number of nitrogens with one attached hydrogen (secondary N) is 1. The third-order valence-electron chi connectivity index (χ3n) is 2.38. The van der Waals surface area contributed by atoms with E-state index in [1.165, 1.54) is 31.2 Å². The molecule has 1 N–H and O–H groups in total. The number of rotatable bonds is 5. The van der Waals surface area contributed by atoms with E-state index in [-0.39, 0.29) is 17.9 Å². The van der Waals surface area contributed by atoms with Crippen molar-refractivity contribution in [3.05, 3.63) is 35.6 Å². The van der Waals surface area contributed by atoms with Crippen LogP contribution in [0.4, 0.5) is 4.39 Å². The number of hydrogen-bond donors (Lipinski definition) is 1. The molecule has 96 valence electrons. The Balaban J connectivity index is 3.08. The van der Waals surface area contributed by atoms with Gasteiger partial charge in [0.15, 0.2) is 5.92 Å². The molecular weight excluding hydrogens is 237 g/mol. The molecule has 0 heterocycles. The van der Waals surface area contributed by atoms with Gasteiger partial charge in [-0.25, -0.2) is 4.39 Å². The molecule has 0 aliphatic rings. The first-order valence-electron chi connectivity index (χ1n) is 5.49. The van der Waals surface area contributed by atoms with Gasteiger partial charge in [0, 0.05) is 5.56 Å². The van der Waals surface area contributed by atoms with Crippen LogP contribution in [0.25, 0.3) is 0 Å². The lowest BCUT2D eigenvalue weighted by Gasteiger charge is -2.14. The number of carbonyl (C=O) groups excluding carboxylic acids is 2. The minimum Gasteiger partial charge on any atom is -0.465 e. The fraction of sp³-hybridized carbons (Fsp3) is 0.308. The van der Waals surface area contributed by atoms with E-state index in [1.54, 1.807) is 6.92 Å². The van der Waals surface area contributed by atoms with Crippen molar-refractivity contribution in [2.45, 2.75) is 13.8 Å². The van der Waals surface area contributed by atoms with Crippen molar-refractivity contribution in [1.29, 1.82) is 5.41 Å². The van der Waals surface area contributed by atoms with E-state index in [2.05, 4.69) is 0 Å². The zero-order chi connectivity index (χ0) is 13.7. The van der Waals surface area contributed by atoms with Crippen LogP contribution in [0.2, 0.25) is 0 Å². The number of ketones is 1. The number of hydrogen-bond acceptors (Lipinski definition) is 4. The predicted molar refractivity (Wildman–Crippen MR) is 64.0 cm³/mol. The molecule has 1 rings (SSSR count). The highest BCUT2D eigenvalue weighted by molar-refractivity contribution is 6.23. The van der Waals surface area contributed by atoms with Crippen molar-refractivity contribution in [2.75, 3.05) is 6.61 Å². The molecular formula is C13H14FNO3. The first kappa shape index (κ1) is 14.0. The lowest BCUT2D eigenvalue weighted by Crippen LogP contribution is -2.32. The van der Waals surface area contributed by atoms with Gasteiger partial charge in [0.1, 0.15) is 11.6 Å². The second-order valence-electron chi connectivity index (χ2n) is 3.69. The highest BCUT2D eigenvalue weighted by atomic mass is 19.1. The minimum atomic E-state index is -1.37. The van der Waals surface area contributed by atoms with Gasteiger partial charge in [0.05, 0.1) is 12.3 Å². The van der Waals surface area contributed by atoms with Crippen molar-refractivity contribution in [3.8, 4) is 0 Å². The summed E-state index contributed by atoms with van der Waals surface area (Å²) in [6.07, 6.45) is 0. The summed E-state index contributed by atoms with van der Waals surface area (Å²) in [5.74, 6) is -3.38. The maximum absolute atomic E-state index is 13.5. The van der Waals surface area contributed by atoms with Crippen LogP contribution in [0.5, 0.6) is 0 Å². The summed E-state index contributed by atoms with van der Waals surface area (Å²) in [5, 5.41) is 7.81. The number of carbonyl (C=O) groups is 2. The van der Waals surface area contributed by atoms with Crippen LogP contribution in [0.3, 0.4) is 0 Å². The summed E-state index contributed by atoms with van der Waals surface area (Å²) in [6.45, 7) is 2.88. The van der Waals surface area contributed by atoms with Gasteiger partial charge in [-0.15, -0.1) is 0 Å². The highest BCUT2D eigenvalue weighted by Crippen LogP contribution is 2.15. The van der Waals surface area contributed by atoms with Crippen LogP contribution >= 0.6 is 0 Å². The smallest absolute Gasteiger partial charge is 0.322 e. The monoisotopic (exact) mass is 251 g/mol. The summed E-state index contributed by atoms with van der Waals surface area (Å²) < 4.78 is 18.2. The van der Waals surface area contributed by atoms with Gasteiger partial charge in [0.25, 0.3) is 0 Å². The normalized spacial score (nSPS) is 11.7. The minimum absolute atomic E-state index is 0.0641. The Morgan fingerprint density at radius 3 is 2.50 bits per heavy atom. The van der Waals surface area contributed by atoms with E-state index >= 15 is 0 Å². The molecule has 0 saturated carbocycles. The van der Waals surface area contributed by atoms with Gasteiger partial charge < -0.3 is 10.1 Å². The highest BCUT2D eigenvalue weighted by Gasteiger charge is 2.31. The Bertz CT molecular complexity index is 485. The van der Waals surface area contributed by atoms with Gasteiger partial charge in [-0.05, 0) is 19.9 Å². The summed E-state index contributed by atoms with van der Waals surface area (Å²) in [6, 6.07) is 5.54. The number of Topliss-reactive ketones (excluding diaryl/α,β-unsaturated/α-hetero) is 1. The van der Waals surface area contributed by atoms with Crippen LogP contribution in [-0.4, -0.2) is 24.1 Å². The van der Waals surface area contributed by atoms with Gasteiger partial charge in [0.2, 0.25) is 0 Å². The first-order valence-corrected chi connectivity index (χ1v) is 5.49. The van der Waals surface area contributed by atoms with Crippen molar-refractivity contribution >= 4 is 17.5 Å². The van der Waals surface area contributed by atoms with E-state index in [1.807, 2.05) is 0 Å². The molecule has 0 aliphatic heterocycles. The molecule has 0 aromatic heterocycles. The van der Waals surface area contributed by atoms with E-state index in [0.29, 0.717) is 0 Å². The Kier molecular flexibility index (Phi) is 4.71. The number of esters is 1. The second kappa shape index (κ2) is 6.05. The third-order valence-corrected chi connectivity index (χ3v) is 2.38. The van der Waals surface area contributed by atoms with E-state index in [4.69, 9.17) is 10.1 Å². The molecule has 1 aromatic rings. The summed E-state index contributed by atoms with van der Waals surface area (Å²) in [4.78, 5) is 23.0. The van der Waals surface area contributed by atoms with Crippen LogP contribution in [0, 0.1) is 17.1 Å². The number of ether oxygens (including phenoxy) is 1. The molecule has 1 atom stereocenters. The summed E-state index contributed by atoms with van der Waals surface area (Å²) in [5.41, 5.74) is -0.440. The zero-order valence-electron chi connectivity index (χ0n) is 10.2. The molecule has 0 radical (unpaired) electrons. The van der Waals surface area contributed by atoms with Crippen molar-refractivity contribution in [1.82, 2.24) is 0 Å². The van der Waals surface area contributed by atoms with Crippen LogP contribution in [0.1, 0.15) is 19.4 Å². The SMILES string of the molecule is CCOC(=O)C(C(=N)c1ccccc1F)C(C)=O. The maximum Gasteiger partial charge on any atom is 0.322 e. The average Bonchev–Trinajstić information content (AvgIpc) is 2.29. The molecule has 0 bridgehead atoms. The fourth-order valence-corrected chi connectivity index (χ4v) is 1.55. The quantitative estimate of drug-likeness (QED) is 0.494. The average molecular weight is 251 g/mol. The van der Waals surface area contributed by atoms with Gasteiger partial charge in [-0.1, -0.05) is 18.2 Å². The molecule has 0 aliphatic carbocycles. The summed E-state index contributed by atoms with van der Waals surface area (Å²) >= 11 is 0. The fourth-order valence-electron chi connectivity index (χ4n) is 1.55. The molecule has 0 spiro atoms. The van der Waals surface area contributed by atoms with Crippen molar-refractivity contribution < 1.29 is 18.7 Å². The Labute approximate surface area is 104 Å². The lowest BCUT2D eigenvalue weighted by molar-refractivity contribution is -0.148. The molecule has 18 heavy (non-hydrogen) atoms. The van der Waals surface area contributed by atoms with Gasteiger partial charge in [-0.2, -0.15) is 0 Å². The predicted octanol–water partition coefficient (Wildman–Crippen LogP) is 1.96. The van der Waals surface area contributed by atoms with Crippen LogP contribution in [-0.2, 0) is 14.3 Å². The zero-order valence-corrected chi connectivity index (χ0v) is 10.2. The van der Waals surface area contributed by atoms with Crippen LogP contribution < -0.4 is 0 Å². The topological polar surface area (TPSA) is 67.2 Å². The van der Waals surface area contributed by atoms with Crippen LogP contribution in [0.15, 0.2) is 24.3 Å². The molecule has 1 unspecified atom stereocenters. The van der Waals surface area contributed by atoms with Gasteiger partial charge in [-0.3, -0.25) is 9.59 Å². The third kappa shape index (κ3) is 3.00. The van der Waals surface area contributed by atoms with E-state index in [0.717, 1.165) is 0 Å². The number of halogens is 1. The molecule has 0 amide bonds. The largest absolute Gasteiger partial charge is 0.465 e. The maximum atomic E-state index is 13.5. The molecule has 0 saturated heterocycles. The van der Waals surface area contributed by atoms with Crippen molar-refractivity contribution in [2.24, 2.45) is 5.92 Å². The number of benzene rings is 1. The second-order valence-corrected chi connectivity index (χ2v) is 3.69. The standard InChI is InChI=1S/C13H14FNO3/c1-3-18-13(17)11(8(2)16)12(15)9-6-4-5-7-10(9)14/h4-7,11,15H,3H2,1-2H3. The molecule has 4 nitrogen and oxygen atoms in total. The van der Waals surface area contributed by atoms with E-state index in [9.17, 15) is 14.0 Å². The van der Waals surface area contributed by atoms with E-state index < -0.39 is 23.5 Å².